The van der Waals surface area contributed by atoms with Gasteiger partial charge in [-0.3, -0.25) is 20.1 Å². The van der Waals surface area contributed by atoms with Crippen molar-refractivity contribution < 1.29 is 4.92 Å². The number of aromatic nitrogens is 2. The number of H-pyrrole nitrogens is 1. The van der Waals surface area contributed by atoms with Crippen molar-refractivity contribution in [2.24, 2.45) is 0 Å². The number of anilines is 1. The van der Waals surface area contributed by atoms with E-state index in [0.29, 0.717) is 11.6 Å². The molecule has 23 heavy (non-hydrogen) atoms. The number of nitro groups is 1. The molecule has 0 unspecified atom stereocenters. The van der Waals surface area contributed by atoms with Crippen LogP contribution in [0, 0.1) is 10.1 Å². The topological polar surface area (TPSA) is 87.1 Å². The molecule has 1 aromatic heterocycles. The number of likely N-dealkylation sites (tertiary alicyclic amines) is 1. The molecular weight excluding hydrogens is 294 g/mol. The van der Waals surface area contributed by atoms with E-state index in [9.17, 15) is 10.1 Å². The summed E-state index contributed by atoms with van der Waals surface area (Å²) in [5, 5.41) is 20.9. The molecule has 3 rings (SSSR count). The fraction of sp³-hybridized carbons (Fsp3) is 0.438. The third kappa shape index (κ3) is 3.50. The van der Waals surface area contributed by atoms with Gasteiger partial charge in [0, 0.05) is 32.4 Å². The monoisotopic (exact) mass is 315 g/mol. The number of hydrogen-bond acceptors (Lipinski definition) is 5. The maximum absolute atomic E-state index is 11.2. The third-order valence-electron chi connectivity index (χ3n) is 4.43. The van der Waals surface area contributed by atoms with Crippen LogP contribution in [0.15, 0.2) is 30.6 Å². The first-order chi connectivity index (χ1) is 11.2. The standard InChI is InChI=1S/C16H21N5O2/c1-17-15-5-4-12(7-16(15)21(22)23)10-20-6-2-3-13(11-20)14-8-18-19-9-14/h4-5,7-9,13,17H,2-3,6,10-11H2,1H3,(H,18,19)/t13-/m0/s1. The minimum atomic E-state index is -0.334. The van der Waals surface area contributed by atoms with Gasteiger partial charge in [-0.15, -0.1) is 0 Å². The van der Waals surface area contributed by atoms with Crippen LogP contribution in [0.5, 0.6) is 0 Å². The number of piperidine rings is 1. The molecule has 0 spiro atoms. The lowest BCUT2D eigenvalue weighted by Gasteiger charge is -2.32. The second-order valence-corrected chi connectivity index (χ2v) is 5.96. The highest BCUT2D eigenvalue weighted by Gasteiger charge is 2.23. The molecule has 0 aliphatic carbocycles. The summed E-state index contributed by atoms with van der Waals surface area (Å²) >= 11 is 0. The molecule has 0 amide bonds. The molecule has 1 aliphatic heterocycles. The van der Waals surface area contributed by atoms with E-state index >= 15 is 0 Å². The van der Waals surface area contributed by atoms with Crippen molar-refractivity contribution in [2.45, 2.75) is 25.3 Å². The number of nitrogens with one attached hydrogen (secondary N) is 2. The Kier molecular flexibility index (Phi) is 4.57. The minimum absolute atomic E-state index is 0.133. The van der Waals surface area contributed by atoms with Crippen LogP contribution in [0.25, 0.3) is 0 Å². The average Bonchev–Trinajstić information content (AvgIpc) is 3.09. The van der Waals surface area contributed by atoms with E-state index < -0.39 is 0 Å². The molecule has 2 aromatic rings. The van der Waals surface area contributed by atoms with Gasteiger partial charge in [0.25, 0.3) is 5.69 Å². The first-order valence-electron chi connectivity index (χ1n) is 7.83. The predicted molar refractivity (Wildman–Crippen MR) is 88.5 cm³/mol. The zero-order valence-corrected chi connectivity index (χ0v) is 13.2. The molecule has 0 saturated carbocycles. The van der Waals surface area contributed by atoms with Gasteiger partial charge in [-0.2, -0.15) is 5.10 Å². The maximum atomic E-state index is 11.2. The summed E-state index contributed by atoms with van der Waals surface area (Å²) in [5.74, 6) is 0.481. The Labute approximate surface area is 134 Å². The maximum Gasteiger partial charge on any atom is 0.292 e. The summed E-state index contributed by atoms with van der Waals surface area (Å²) in [6.07, 6.45) is 6.14. The number of aromatic amines is 1. The van der Waals surface area contributed by atoms with Gasteiger partial charge in [0.1, 0.15) is 5.69 Å². The zero-order valence-electron chi connectivity index (χ0n) is 13.2. The number of hydrogen-bond donors (Lipinski definition) is 2. The van der Waals surface area contributed by atoms with Crippen LogP contribution in [-0.2, 0) is 6.54 Å². The molecule has 1 saturated heterocycles. The number of rotatable bonds is 5. The van der Waals surface area contributed by atoms with Gasteiger partial charge in [0.2, 0.25) is 0 Å². The Morgan fingerprint density at radius 1 is 1.52 bits per heavy atom. The number of benzene rings is 1. The zero-order chi connectivity index (χ0) is 16.2. The third-order valence-corrected chi connectivity index (χ3v) is 4.43. The van der Waals surface area contributed by atoms with Crippen LogP contribution in [0.1, 0.15) is 29.9 Å². The van der Waals surface area contributed by atoms with Gasteiger partial charge in [0.05, 0.1) is 11.1 Å². The minimum Gasteiger partial charge on any atom is -0.383 e. The van der Waals surface area contributed by atoms with Gasteiger partial charge >= 0.3 is 0 Å². The molecule has 7 nitrogen and oxygen atoms in total. The summed E-state index contributed by atoms with van der Waals surface area (Å²) in [6.45, 7) is 2.72. The molecule has 0 radical (unpaired) electrons. The first-order valence-corrected chi connectivity index (χ1v) is 7.83. The second kappa shape index (κ2) is 6.78. The molecule has 1 fully saturated rings. The van der Waals surface area contributed by atoms with E-state index in [1.807, 2.05) is 18.5 Å². The van der Waals surface area contributed by atoms with Gasteiger partial charge in [0.15, 0.2) is 0 Å². The van der Waals surface area contributed by atoms with Crippen LogP contribution < -0.4 is 5.32 Å². The van der Waals surface area contributed by atoms with Crippen LogP contribution >= 0.6 is 0 Å². The van der Waals surface area contributed by atoms with Crippen LogP contribution in [0.4, 0.5) is 11.4 Å². The quantitative estimate of drug-likeness (QED) is 0.654. The Morgan fingerprint density at radius 2 is 2.39 bits per heavy atom. The van der Waals surface area contributed by atoms with E-state index in [0.717, 1.165) is 38.0 Å². The predicted octanol–water partition coefficient (Wildman–Crippen LogP) is 2.74. The average molecular weight is 315 g/mol. The number of nitro benzene ring substituents is 1. The van der Waals surface area contributed by atoms with Gasteiger partial charge < -0.3 is 5.32 Å². The van der Waals surface area contributed by atoms with Crippen molar-refractivity contribution in [1.29, 1.82) is 0 Å². The molecule has 1 aromatic carbocycles. The van der Waals surface area contributed by atoms with E-state index in [1.54, 1.807) is 19.2 Å². The summed E-state index contributed by atoms with van der Waals surface area (Å²) in [7, 11) is 1.70. The molecular formula is C16H21N5O2. The van der Waals surface area contributed by atoms with Crippen molar-refractivity contribution in [2.75, 3.05) is 25.5 Å². The summed E-state index contributed by atoms with van der Waals surface area (Å²) < 4.78 is 0. The van der Waals surface area contributed by atoms with E-state index in [2.05, 4.69) is 20.4 Å². The highest BCUT2D eigenvalue weighted by atomic mass is 16.6. The lowest BCUT2D eigenvalue weighted by molar-refractivity contribution is -0.384. The smallest absolute Gasteiger partial charge is 0.292 e. The highest BCUT2D eigenvalue weighted by molar-refractivity contribution is 5.62. The summed E-state index contributed by atoms with van der Waals surface area (Å²) in [5.41, 5.74) is 2.90. The highest BCUT2D eigenvalue weighted by Crippen LogP contribution is 2.29. The molecule has 7 heteroatoms. The van der Waals surface area contributed by atoms with Crippen molar-refractivity contribution >= 4 is 11.4 Å². The van der Waals surface area contributed by atoms with E-state index in [4.69, 9.17) is 0 Å². The van der Waals surface area contributed by atoms with E-state index in [1.165, 1.54) is 5.56 Å². The Balaban J connectivity index is 1.71. The first kappa shape index (κ1) is 15.5. The van der Waals surface area contributed by atoms with Gasteiger partial charge in [-0.25, -0.2) is 0 Å². The molecule has 1 atom stereocenters. The molecule has 122 valence electrons. The molecule has 0 bridgehead atoms. The van der Waals surface area contributed by atoms with E-state index in [-0.39, 0.29) is 10.6 Å². The van der Waals surface area contributed by atoms with Crippen LogP contribution in [0.2, 0.25) is 0 Å². The fourth-order valence-electron chi connectivity index (χ4n) is 3.25. The summed E-state index contributed by atoms with van der Waals surface area (Å²) in [4.78, 5) is 13.2. The molecule has 1 aliphatic rings. The fourth-order valence-corrected chi connectivity index (χ4v) is 3.25. The molecule has 2 heterocycles. The summed E-state index contributed by atoms with van der Waals surface area (Å²) in [6, 6.07) is 5.42. The lowest BCUT2D eigenvalue weighted by Crippen LogP contribution is -2.33. The van der Waals surface area contributed by atoms with Gasteiger partial charge in [-0.05, 0) is 42.5 Å². The van der Waals surface area contributed by atoms with Crippen molar-refractivity contribution in [3.05, 3.63) is 51.8 Å². The van der Waals surface area contributed by atoms with Crippen LogP contribution in [0.3, 0.4) is 0 Å². The number of nitrogens with zero attached hydrogens (tertiary/aromatic N) is 3. The van der Waals surface area contributed by atoms with Crippen molar-refractivity contribution in [1.82, 2.24) is 15.1 Å². The normalized spacial score (nSPS) is 18.7. The van der Waals surface area contributed by atoms with Crippen molar-refractivity contribution in [3.63, 3.8) is 0 Å². The molecule has 2 N–H and O–H groups in total. The van der Waals surface area contributed by atoms with Crippen LogP contribution in [-0.4, -0.2) is 40.2 Å². The lowest BCUT2D eigenvalue weighted by atomic mass is 9.92. The second-order valence-electron chi connectivity index (χ2n) is 5.96. The Hall–Kier alpha value is -2.41. The van der Waals surface area contributed by atoms with Gasteiger partial charge in [-0.1, -0.05) is 6.07 Å². The SMILES string of the molecule is CNc1ccc(CN2CCC[C@H](c3cn[nH]c3)C2)cc1[N+](=O)[O-]. The Bertz CT molecular complexity index is 671. The van der Waals surface area contributed by atoms with Crippen molar-refractivity contribution in [3.8, 4) is 0 Å². The largest absolute Gasteiger partial charge is 0.383 e. The Morgan fingerprint density at radius 3 is 3.09 bits per heavy atom.